The number of aryl methyl sites for hydroxylation is 1. The molecule has 2 rings (SSSR count). The average Bonchev–Trinajstić information content (AvgIpc) is 2.26. The molecule has 0 aliphatic carbocycles. The van der Waals surface area contributed by atoms with E-state index in [9.17, 15) is 4.79 Å². The van der Waals surface area contributed by atoms with Crippen LogP contribution in [0.15, 0.2) is 18.2 Å². The van der Waals surface area contributed by atoms with Crippen LogP contribution in [0.4, 0.5) is 5.69 Å². The molecule has 0 spiro atoms. The summed E-state index contributed by atoms with van der Waals surface area (Å²) in [5, 5.41) is -0.499. The van der Waals surface area contributed by atoms with Gasteiger partial charge in [0, 0.05) is 11.2 Å². The van der Waals surface area contributed by atoms with Crippen LogP contribution in [0.25, 0.3) is 0 Å². The number of carbonyl (C=O) groups is 1. The SMILES string of the molecule is Cc1ccc2c(c1)N(C(=O)C(C)Cl)C(C)(C)CC2C. The number of anilines is 1. The molecule has 1 heterocycles. The van der Waals surface area contributed by atoms with Crippen LogP contribution in [-0.2, 0) is 4.79 Å². The third-order valence-corrected chi connectivity index (χ3v) is 4.12. The summed E-state index contributed by atoms with van der Waals surface area (Å²) in [5.41, 5.74) is 3.25. The van der Waals surface area contributed by atoms with E-state index in [0.717, 1.165) is 12.1 Å². The second-order valence-corrected chi connectivity index (χ2v) is 6.92. The van der Waals surface area contributed by atoms with Gasteiger partial charge in [0.05, 0.1) is 0 Å². The van der Waals surface area contributed by atoms with Gasteiger partial charge in [-0.1, -0.05) is 19.1 Å². The van der Waals surface area contributed by atoms with Crippen molar-refractivity contribution in [2.24, 2.45) is 0 Å². The summed E-state index contributed by atoms with van der Waals surface area (Å²) in [6.07, 6.45) is 0.957. The number of nitrogens with zero attached hydrogens (tertiary/aromatic N) is 1. The molecule has 104 valence electrons. The van der Waals surface area contributed by atoms with E-state index in [4.69, 9.17) is 11.6 Å². The first-order chi connectivity index (χ1) is 8.74. The number of halogens is 1. The Bertz CT molecular complexity index is 507. The minimum Gasteiger partial charge on any atom is -0.305 e. The van der Waals surface area contributed by atoms with Crippen molar-refractivity contribution in [1.29, 1.82) is 0 Å². The zero-order valence-electron chi connectivity index (χ0n) is 12.3. The second kappa shape index (κ2) is 4.82. The molecule has 19 heavy (non-hydrogen) atoms. The number of carbonyl (C=O) groups excluding carboxylic acids is 1. The lowest BCUT2D eigenvalue weighted by Gasteiger charge is -2.46. The summed E-state index contributed by atoms with van der Waals surface area (Å²) < 4.78 is 0. The molecular weight excluding hydrogens is 258 g/mol. The minimum atomic E-state index is -0.499. The van der Waals surface area contributed by atoms with Gasteiger partial charge in [0.2, 0.25) is 5.91 Å². The molecule has 0 N–H and O–H groups in total. The van der Waals surface area contributed by atoms with Crippen LogP contribution in [0.5, 0.6) is 0 Å². The summed E-state index contributed by atoms with van der Waals surface area (Å²) in [6, 6.07) is 6.36. The summed E-state index contributed by atoms with van der Waals surface area (Å²) in [6.45, 7) is 10.3. The van der Waals surface area contributed by atoms with Crippen LogP contribution < -0.4 is 4.90 Å². The van der Waals surface area contributed by atoms with Gasteiger partial charge in [-0.3, -0.25) is 4.79 Å². The van der Waals surface area contributed by atoms with Crippen molar-refractivity contribution < 1.29 is 4.79 Å². The van der Waals surface area contributed by atoms with Crippen LogP contribution in [0, 0.1) is 6.92 Å². The standard InChI is InChI=1S/C16H22ClNO/c1-10-6-7-13-11(2)9-16(4,5)18(14(13)8-10)15(19)12(3)17/h6-8,11-12H,9H2,1-5H3. The largest absolute Gasteiger partial charge is 0.305 e. The number of benzene rings is 1. The zero-order chi connectivity index (χ0) is 14.4. The topological polar surface area (TPSA) is 20.3 Å². The Balaban J connectivity index is 2.60. The normalized spacial score (nSPS) is 22.8. The number of hydrogen-bond donors (Lipinski definition) is 0. The minimum absolute atomic E-state index is 0.00887. The molecule has 1 amide bonds. The predicted octanol–water partition coefficient (Wildman–Crippen LogP) is 4.24. The van der Waals surface area contributed by atoms with E-state index in [0.29, 0.717) is 5.92 Å². The average molecular weight is 280 g/mol. The molecule has 0 saturated heterocycles. The van der Waals surface area contributed by atoms with Crippen molar-refractivity contribution in [1.82, 2.24) is 0 Å². The molecule has 3 heteroatoms. The van der Waals surface area contributed by atoms with E-state index in [-0.39, 0.29) is 11.4 Å². The van der Waals surface area contributed by atoms with E-state index in [2.05, 4.69) is 45.9 Å². The highest BCUT2D eigenvalue weighted by atomic mass is 35.5. The van der Waals surface area contributed by atoms with Crippen LogP contribution >= 0.6 is 11.6 Å². The molecule has 1 aromatic carbocycles. The molecule has 2 nitrogen and oxygen atoms in total. The Morgan fingerprint density at radius 1 is 1.47 bits per heavy atom. The first kappa shape index (κ1) is 14.4. The Morgan fingerprint density at radius 2 is 2.11 bits per heavy atom. The van der Waals surface area contributed by atoms with Crippen LogP contribution in [-0.4, -0.2) is 16.8 Å². The van der Waals surface area contributed by atoms with E-state index in [1.165, 1.54) is 11.1 Å². The number of hydrogen-bond acceptors (Lipinski definition) is 1. The maximum atomic E-state index is 12.5. The lowest BCUT2D eigenvalue weighted by atomic mass is 9.79. The van der Waals surface area contributed by atoms with Gasteiger partial charge in [0.1, 0.15) is 5.38 Å². The molecule has 0 bridgehead atoms. The number of amides is 1. The van der Waals surface area contributed by atoms with Crippen LogP contribution in [0.2, 0.25) is 0 Å². The second-order valence-electron chi connectivity index (χ2n) is 6.27. The Kier molecular flexibility index (Phi) is 3.65. The summed E-state index contributed by atoms with van der Waals surface area (Å²) in [4.78, 5) is 14.4. The van der Waals surface area contributed by atoms with Crippen molar-refractivity contribution in [3.8, 4) is 0 Å². The molecule has 0 radical (unpaired) electrons. The summed E-state index contributed by atoms with van der Waals surface area (Å²) >= 11 is 6.04. The van der Waals surface area contributed by atoms with Gasteiger partial charge in [0.25, 0.3) is 0 Å². The van der Waals surface area contributed by atoms with Gasteiger partial charge >= 0.3 is 0 Å². The maximum absolute atomic E-state index is 12.5. The first-order valence-corrected chi connectivity index (χ1v) is 7.26. The van der Waals surface area contributed by atoms with Gasteiger partial charge in [-0.2, -0.15) is 0 Å². The molecule has 0 aromatic heterocycles. The maximum Gasteiger partial charge on any atom is 0.245 e. The quantitative estimate of drug-likeness (QED) is 0.704. The zero-order valence-corrected chi connectivity index (χ0v) is 13.1. The van der Waals surface area contributed by atoms with E-state index >= 15 is 0 Å². The molecule has 1 aliphatic rings. The molecule has 2 unspecified atom stereocenters. The molecule has 2 atom stereocenters. The molecular formula is C16H22ClNO. The number of rotatable bonds is 1. The van der Waals surface area contributed by atoms with E-state index in [1.54, 1.807) is 6.92 Å². The van der Waals surface area contributed by atoms with Crippen molar-refractivity contribution >= 4 is 23.2 Å². The molecule has 1 aromatic rings. The number of alkyl halides is 1. The Morgan fingerprint density at radius 3 is 2.68 bits per heavy atom. The van der Waals surface area contributed by atoms with Gasteiger partial charge in [0.15, 0.2) is 0 Å². The van der Waals surface area contributed by atoms with Gasteiger partial charge in [-0.15, -0.1) is 11.6 Å². The lowest BCUT2D eigenvalue weighted by molar-refractivity contribution is -0.119. The highest BCUT2D eigenvalue weighted by Crippen LogP contribution is 2.44. The molecule has 0 fully saturated rings. The highest BCUT2D eigenvalue weighted by molar-refractivity contribution is 6.32. The van der Waals surface area contributed by atoms with Crippen molar-refractivity contribution in [3.05, 3.63) is 29.3 Å². The third-order valence-electron chi connectivity index (χ3n) is 3.93. The summed E-state index contributed by atoms with van der Waals surface area (Å²) in [7, 11) is 0. The smallest absolute Gasteiger partial charge is 0.245 e. The summed E-state index contributed by atoms with van der Waals surface area (Å²) in [5.74, 6) is 0.450. The van der Waals surface area contributed by atoms with Gasteiger partial charge < -0.3 is 4.90 Å². The highest BCUT2D eigenvalue weighted by Gasteiger charge is 2.40. The van der Waals surface area contributed by atoms with Gasteiger partial charge in [-0.25, -0.2) is 0 Å². The van der Waals surface area contributed by atoms with Crippen molar-refractivity contribution in [2.75, 3.05) is 4.90 Å². The predicted molar refractivity (Wildman–Crippen MR) is 81.1 cm³/mol. The fraction of sp³-hybridized carbons (Fsp3) is 0.562. The monoisotopic (exact) mass is 279 g/mol. The van der Waals surface area contributed by atoms with Gasteiger partial charge in [-0.05, 0) is 57.2 Å². The van der Waals surface area contributed by atoms with Crippen molar-refractivity contribution in [2.45, 2.75) is 57.9 Å². The Labute approximate surface area is 120 Å². The van der Waals surface area contributed by atoms with E-state index < -0.39 is 5.38 Å². The lowest BCUT2D eigenvalue weighted by Crippen LogP contribution is -2.53. The molecule has 0 saturated carbocycles. The van der Waals surface area contributed by atoms with Crippen LogP contribution in [0.3, 0.4) is 0 Å². The van der Waals surface area contributed by atoms with Crippen molar-refractivity contribution in [3.63, 3.8) is 0 Å². The van der Waals surface area contributed by atoms with Crippen LogP contribution in [0.1, 0.15) is 51.2 Å². The fourth-order valence-electron chi connectivity index (χ4n) is 3.14. The first-order valence-electron chi connectivity index (χ1n) is 6.83. The fourth-order valence-corrected chi connectivity index (χ4v) is 3.23. The molecule has 1 aliphatic heterocycles. The Hall–Kier alpha value is -1.02. The third kappa shape index (κ3) is 2.51. The van der Waals surface area contributed by atoms with E-state index in [1.807, 2.05) is 4.90 Å². The number of fused-ring (bicyclic) bond motifs is 1.